The Morgan fingerprint density at radius 3 is 2.31 bits per heavy atom. The second-order valence-corrected chi connectivity index (χ2v) is 4.72. The molecule has 0 aromatic heterocycles. The van der Waals surface area contributed by atoms with Crippen LogP contribution in [-0.2, 0) is 0 Å². The highest BCUT2D eigenvalue weighted by Gasteiger charge is 2.40. The van der Waals surface area contributed by atoms with Gasteiger partial charge in [0, 0.05) is 12.6 Å². The maximum Gasteiger partial charge on any atom is 0.00672 e. The van der Waals surface area contributed by atoms with Gasteiger partial charge in [-0.25, -0.2) is 0 Å². The van der Waals surface area contributed by atoms with Crippen molar-refractivity contribution in [1.29, 1.82) is 0 Å². The average Bonchev–Trinajstić information content (AvgIpc) is 2.70. The lowest BCUT2D eigenvalue weighted by atomic mass is 10.0. The van der Waals surface area contributed by atoms with E-state index in [1.54, 1.807) is 0 Å². The van der Waals surface area contributed by atoms with Crippen molar-refractivity contribution in [2.75, 3.05) is 6.54 Å². The van der Waals surface area contributed by atoms with Crippen molar-refractivity contribution in [3.8, 4) is 0 Å². The van der Waals surface area contributed by atoms with Crippen molar-refractivity contribution in [3.63, 3.8) is 0 Å². The van der Waals surface area contributed by atoms with Crippen LogP contribution in [0.5, 0.6) is 0 Å². The second-order valence-electron chi connectivity index (χ2n) is 4.72. The van der Waals surface area contributed by atoms with Crippen LogP contribution in [0.4, 0.5) is 0 Å². The lowest BCUT2D eigenvalue weighted by Gasteiger charge is -2.17. The SMILES string of the molecule is CCC1(CNC2CCCC2)CC1.Cl. The van der Waals surface area contributed by atoms with E-state index in [1.165, 1.54) is 51.5 Å². The number of hydrogen-bond acceptors (Lipinski definition) is 1. The Labute approximate surface area is 88.1 Å². The van der Waals surface area contributed by atoms with Crippen LogP contribution in [0.25, 0.3) is 0 Å². The zero-order chi connectivity index (χ0) is 8.44. The molecular weight excluding hydrogens is 182 g/mol. The van der Waals surface area contributed by atoms with Gasteiger partial charge in [-0.05, 0) is 37.5 Å². The quantitative estimate of drug-likeness (QED) is 0.741. The fourth-order valence-electron chi connectivity index (χ4n) is 2.32. The fourth-order valence-corrected chi connectivity index (χ4v) is 2.32. The Kier molecular flexibility index (Phi) is 4.06. The molecule has 1 N–H and O–H groups in total. The first-order chi connectivity index (χ1) is 5.85. The molecular formula is C11H22ClN. The molecule has 2 aliphatic rings. The molecule has 0 heterocycles. The highest BCUT2D eigenvalue weighted by atomic mass is 35.5. The fraction of sp³-hybridized carbons (Fsp3) is 1.00. The maximum atomic E-state index is 3.74. The highest BCUT2D eigenvalue weighted by molar-refractivity contribution is 5.85. The summed E-state index contributed by atoms with van der Waals surface area (Å²) in [5.41, 5.74) is 0.739. The van der Waals surface area contributed by atoms with Gasteiger partial charge >= 0.3 is 0 Å². The largest absolute Gasteiger partial charge is 0.313 e. The van der Waals surface area contributed by atoms with E-state index in [-0.39, 0.29) is 12.4 Å². The van der Waals surface area contributed by atoms with Crippen LogP contribution in [0, 0.1) is 5.41 Å². The highest BCUT2D eigenvalue weighted by Crippen LogP contribution is 2.48. The van der Waals surface area contributed by atoms with Gasteiger partial charge in [0.2, 0.25) is 0 Å². The maximum absolute atomic E-state index is 3.74. The molecule has 0 atom stereocenters. The smallest absolute Gasteiger partial charge is 0.00672 e. The lowest BCUT2D eigenvalue weighted by Crippen LogP contribution is -2.31. The van der Waals surface area contributed by atoms with Crippen LogP contribution in [0.1, 0.15) is 51.9 Å². The van der Waals surface area contributed by atoms with Crippen LogP contribution < -0.4 is 5.32 Å². The molecule has 0 saturated heterocycles. The molecule has 0 aromatic carbocycles. The monoisotopic (exact) mass is 203 g/mol. The molecule has 0 bridgehead atoms. The molecule has 1 nitrogen and oxygen atoms in total. The summed E-state index contributed by atoms with van der Waals surface area (Å²) < 4.78 is 0. The molecule has 2 rings (SSSR count). The molecule has 2 heteroatoms. The predicted octanol–water partition coefficient (Wildman–Crippen LogP) is 3.13. The molecule has 0 spiro atoms. The topological polar surface area (TPSA) is 12.0 Å². The minimum absolute atomic E-state index is 0. The third kappa shape index (κ3) is 2.85. The molecule has 13 heavy (non-hydrogen) atoms. The van der Waals surface area contributed by atoms with Crippen LogP contribution in [0.2, 0.25) is 0 Å². The molecule has 0 aromatic rings. The first-order valence-electron chi connectivity index (χ1n) is 5.58. The third-order valence-corrected chi connectivity index (χ3v) is 3.83. The Balaban J connectivity index is 0.000000845. The van der Waals surface area contributed by atoms with E-state index in [4.69, 9.17) is 0 Å². The second kappa shape index (κ2) is 4.65. The summed E-state index contributed by atoms with van der Waals surface area (Å²) in [5, 5.41) is 3.74. The molecule has 0 unspecified atom stereocenters. The summed E-state index contributed by atoms with van der Waals surface area (Å²) in [6.45, 7) is 3.64. The standard InChI is InChI=1S/C11H21N.ClH/c1-2-11(7-8-11)9-12-10-5-3-4-6-10;/h10,12H,2-9H2,1H3;1H. The van der Waals surface area contributed by atoms with Crippen molar-refractivity contribution >= 4 is 12.4 Å². The van der Waals surface area contributed by atoms with Crippen molar-refractivity contribution in [2.45, 2.75) is 57.9 Å². The molecule has 2 aliphatic carbocycles. The van der Waals surface area contributed by atoms with E-state index in [2.05, 4.69) is 12.2 Å². The van der Waals surface area contributed by atoms with Gasteiger partial charge in [0.05, 0.1) is 0 Å². The van der Waals surface area contributed by atoms with Crippen molar-refractivity contribution in [1.82, 2.24) is 5.32 Å². The number of halogens is 1. The molecule has 0 radical (unpaired) electrons. The number of rotatable bonds is 4. The van der Waals surface area contributed by atoms with E-state index in [0.29, 0.717) is 0 Å². The summed E-state index contributed by atoms with van der Waals surface area (Å²) in [5.74, 6) is 0. The Morgan fingerprint density at radius 1 is 1.23 bits per heavy atom. The van der Waals surface area contributed by atoms with Gasteiger partial charge in [0.1, 0.15) is 0 Å². The first kappa shape index (κ1) is 11.3. The molecule has 0 aliphatic heterocycles. The summed E-state index contributed by atoms with van der Waals surface area (Å²) in [6.07, 6.45) is 10.1. The normalized spacial score (nSPS) is 25.6. The predicted molar refractivity (Wildman–Crippen MR) is 59.5 cm³/mol. The van der Waals surface area contributed by atoms with Gasteiger partial charge in [-0.1, -0.05) is 19.8 Å². The Bertz CT molecular complexity index is 148. The van der Waals surface area contributed by atoms with Crippen molar-refractivity contribution in [2.24, 2.45) is 5.41 Å². The Hall–Kier alpha value is 0.250. The van der Waals surface area contributed by atoms with Gasteiger partial charge in [-0.15, -0.1) is 12.4 Å². The van der Waals surface area contributed by atoms with Gasteiger partial charge in [0.25, 0.3) is 0 Å². The molecule has 0 amide bonds. The number of hydrogen-bond donors (Lipinski definition) is 1. The zero-order valence-corrected chi connectivity index (χ0v) is 9.46. The zero-order valence-electron chi connectivity index (χ0n) is 8.64. The van der Waals surface area contributed by atoms with Crippen molar-refractivity contribution in [3.05, 3.63) is 0 Å². The lowest BCUT2D eigenvalue weighted by molar-refractivity contribution is 0.402. The van der Waals surface area contributed by atoms with Gasteiger partial charge in [-0.2, -0.15) is 0 Å². The summed E-state index contributed by atoms with van der Waals surface area (Å²) in [7, 11) is 0. The van der Waals surface area contributed by atoms with Crippen molar-refractivity contribution < 1.29 is 0 Å². The van der Waals surface area contributed by atoms with Crippen LogP contribution in [-0.4, -0.2) is 12.6 Å². The van der Waals surface area contributed by atoms with Gasteiger partial charge in [-0.3, -0.25) is 0 Å². The summed E-state index contributed by atoms with van der Waals surface area (Å²) in [6, 6.07) is 0.869. The molecule has 2 fully saturated rings. The molecule has 78 valence electrons. The molecule has 2 saturated carbocycles. The van der Waals surface area contributed by atoms with Gasteiger partial charge < -0.3 is 5.32 Å². The summed E-state index contributed by atoms with van der Waals surface area (Å²) in [4.78, 5) is 0. The number of nitrogens with one attached hydrogen (secondary N) is 1. The van der Waals surface area contributed by atoms with E-state index in [0.717, 1.165) is 11.5 Å². The summed E-state index contributed by atoms with van der Waals surface area (Å²) >= 11 is 0. The van der Waals surface area contributed by atoms with Crippen LogP contribution in [0.3, 0.4) is 0 Å². The van der Waals surface area contributed by atoms with E-state index in [9.17, 15) is 0 Å². The van der Waals surface area contributed by atoms with Crippen LogP contribution in [0.15, 0.2) is 0 Å². The Morgan fingerprint density at radius 2 is 1.85 bits per heavy atom. The van der Waals surface area contributed by atoms with Crippen LogP contribution >= 0.6 is 12.4 Å². The van der Waals surface area contributed by atoms with E-state index < -0.39 is 0 Å². The third-order valence-electron chi connectivity index (χ3n) is 3.83. The average molecular weight is 204 g/mol. The first-order valence-corrected chi connectivity index (χ1v) is 5.58. The van der Waals surface area contributed by atoms with E-state index in [1.807, 2.05) is 0 Å². The minimum Gasteiger partial charge on any atom is -0.313 e. The minimum atomic E-state index is 0. The van der Waals surface area contributed by atoms with Gasteiger partial charge in [0.15, 0.2) is 0 Å². The van der Waals surface area contributed by atoms with E-state index >= 15 is 0 Å².